The molecule has 2 rings (SSSR count). The number of rotatable bonds is 10. The van der Waals surface area contributed by atoms with Gasteiger partial charge in [-0.1, -0.05) is 30.1 Å². The van der Waals surface area contributed by atoms with Crippen LogP contribution in [0.1, 0.15) is 25.8 Å². The zero-order valence-electron chi connectivity index (χ0n) is 18.3. The number of amides is 1. The molecule has 1 amide bonds. The van der Waals surface area contributed by atoms with Gasteiger partial charge in [0.2, 0.25) is 0 Å². The minimum absolute atomic E-state index is 0.151. The Bertz CT molecular complexity index is 1050. The number of anilines is 1. The summed E-state index contributed by atoms with van der Waals surface area (Å²) in [5, 5.41) is 12.9. The van der Waals surface area contributed by atoms with Crippen molar-refractivity contribution in [3.8, 4) is 29.1 Å². The monoisotopic (exact) mass is 478 g/mol. The lowest BCUT2D eigenvalue weighted by Crippen LogP contribution is -2.14. The van der Waals surface area contributed by atoms with Crippen molar-refractivity contribution in [1.82, 2.24) is 0 Å². The average molecular weight is 479 g/mol. The van der Waals surface area contributed by atoms with Gasteiger partial charge in [-0.2, -0.15) is 5.26 Å². The Balaban J connectivity index is 2.39. The van der Waals surface area contributed by atoms with E-state index < -0.39 is 5.91 Å². The molecule has 9 heteroatoms. The molecule has 32 heavy (non-hydrogen) atoms. The summed E-state index contributed by atoms with van der Waals surface area (Å²) in [4.78, 5) is 12.8. The van der Waals surface area contributed by atoms with Gasteiger partial charge in [-0.25, -0.2) is 0 Å². The molecule has 0 spiro atoms. The van der Waals surface area contributed by atoms with Crippen molar-refractivity contribution in [2.45, 2.75) is 20.3 Å². The molecule has 170 valence electrons. The van der Waals surface area contributed by atoms with Gasteiger partial charge in [0.25, 0.3) is 5.91 Å². The third-order valence-corrected chi connectivity index (χ3v) is 4.76. The van der Waals surface area contributed by atoms with Crippen molar-refractivity contribution in [3.63, 3.8) is 0 Å². The molecule has 0 atom stereocenters. The van der Waals surface area contributed by atoms with Gasteiger partial charge in [-0.15, -0.1) is 0 Å². The fourth-order valence-electron chi connectivity index (χ4n) is 2.74. The minimum atomic E-state index is -0.643. The third kappa shape index (κ3) is 6.22. The number of nitriles is 1. The lowest BCUT2D eigenvalue weighted by Gasteiger charge is -2.14. The zero-order valence-corrected chi connectivity index (χ0v) is 19.8. The lowest BCUT2D eigenvalue weighted by atomic mass is 10.1. The van der Waals surface area contributed by atoms with Crippen molar-refractivity contribution in [3.05, 3.63) is 45.4 Å². The van der Waals surface area contributed by atoms with E-state index in [-0.39, 0.29) is 5.57 Å². The Morgan fingerprint density at radius 2 is 1.75 bits per heavy atom. The van der Waals surface area contributed by atoms with Crippen molar-refractivity contribution in [2.75, 3.05) is 32.8 Å². The Labute approximate surface area is 197 Å². The Morgan fingerprint density at radius 1 is 1.03 bits per heavy atom. The van der Waals surface area contributed by atoms with E-state index in [9.17, 15) is 10.1 Å². The lowest BCUT2D eigenvalue weighted by molar-refractivity contribution is -0.112. The first kappa shape index (κ1) is 25.2. The van der Waals surface area contributed by atoms with Crippen molar-refractivity contribution < 1.29 is 23.7 Å². The zero-order chi connectivity index (χ0) is 23.7. The number of halogens is 2. The predicted molar refractivity (Wildman–Crippen MR) is 125 cm³/mol. The summed E-state index contributed by atoms with van der Waals surface area (Å²) in [7, 11) is 2.89. The average Bonchev–Trinajstić information content (AvgIpc) is 2.77. The second kappa shape index (κ2) is 12.1. The van der Waals surface area contributed by atoms with E-state index in [1.54, 1.807) is 12.1 Å². The van der Waals surface area contributed by atoms with Gasteiger partial charge in [0.1, 0.15) is 23.1 Å². The van der Waals surface area contributed by atoms with Crippen LogP contribution in [0.5, 0.6) is 23.0 Å². The van der Waals surface area contributed by atoms with Gasteiger partial charge in [0, 0.05) is 12.1 Å². The maximum atomic E-state index is 12.8. The molecule has 2 aromatic rings. The highest BCUT2D eigenvalue weighted by atomic mass is 35.5. The number of benzene rings is 2. The first-order valence-corrected chi connectivity index (χ1v) is 10.6. The van der Waals surface area contributed by atoms with E-state index in [1.165, 1.54) is 32.4 Å². The number of hydrogen-bond acceptors (Lipinski definition) is 6. The number of nitrogens with one attached hydrogen (secondary N) is 1. The van der Waals surface area contributed by atoms with Gasteiger partial charge in [-0.3, -0.25) is 4.79 Å². The summed E-state index contributed by atoms with van der Waals surface area (Å²) in [5.41, 5.74) is 0.660. The highest BCUT2D eigenvalue weighted by molar-refractivity contribution is 6.33. The molecule has 0 saturated heterocycles. The van der Waals surface area contributed by atoms with Crippen molar-refractivity contribution in [1.29, 1.82) is 5.26 Å². The van der Waals surface area contributed by atoms with Crippen LogP contribution in [0.2, 0.25) is 10.0 Å². The largest absolute Gasteiger partial charge is 0.495 e. The van der Waals surface area contributed by atoms with Gasteiger partial charge in [0.15, 0.2) is 11.5 Å². The van der Waals surface area contributed by atoms with Crippen LogP contribution in [-0.4, -0.2) is 33.3 Å². The molecule has 0 unspecified atom stereocenters. The second-order valence-corrected chi connectivity index (χ2v) is 7.24. The van der Waals surface area contributed by atoms with Crippen LogP contribution in [0, 0.1) is 11.3 Å². The van der Waals surface area contributed by atoms with Crippen molar-refractivity contribution >= 4 is 40.9 Å². The maximum absolute atomic E-state index is 12.8. The fourth-order valence-corrected chi connectivity index (χ4v) is 3.25. The Kier molecular flexibility index (Phi) is 9.51. The molecular formula is C23H24Cl2N2O5. The molecule has 0 saturated carbocycles. The second-order valence-electron chi connectivity index (χ2n) is 6.42. The molecular weight excluding hydrogens is 455 g/mol. The third-order valence-electron chi connectivity index (χ3n) is 4.18. The molecule has 0 aromatic heterocycles. The van der Waals surface area contributed by atoms with E-state index >= 15 is 0 Å². The van der Waals surface area contributed by atoms with E-state index in [4.69, 9.17) is 42.1 Å². The summed E-state index contributed by atoms with van der Waals surface area (Å²) in [6.45, 7) is 4.69. The van der Waals surface area contributed by atoms with Crippen LogP contribution in [0.4, 0.5) is 5.69 Å². The Morgan fingerprint density at radius 3 is 2.34 bits per heavy atom. The van der Waals surface area contributed by atoms with Crippen molar-refractivity contribution in [2.24, 2.45) is 0 Å². The molecule has 2 aromatic carbocycles. The topological polar surface area (TPSA) is 89.8 Å². The number of ether oxygens (including phenoxy) is 4. The van der Waals surface area contributed by atoms with Crippen LogP contribution < -0.4 is 24.3 Å². The molecule has 0 fully saturated rings. The summed E-state index contributed by atoms with van der Waals surface area (Å²) in [6.07, 6.45) is 2.22. The number of hydrogen-bond donors (Lipinski definition) is 1. The number of methoxy groups -OCH3 is 2. The highest BCUT2D eigenvalue weighted by Crippen LogP contribution is 2.38. The Hall–Kier alpha value is -3.08. The molecule has 7 nitrogen and oxygen atoms in total. The quantitative estimate of drug-likeness (QED) is 0.345. The molecule has 0 aliphatic rings. The smallest absolute Gasteiger partial charge is 0.266 e. The van der Waals surface area contributed by atoms with Crippen LogP contribution >= 0.6 is 23.2 Å². The minimum Gasteiger partial charge on any atom is -0.495 e. The van der Waals surface area contributed by atoms with Crippen LogP contribution in [0.3, 0.4) is 0 Å². The van der Waals surface area contributed by atoms with Crippen LogP contribution in [0.25, 0.3) is 6.08 Å². The molecule has 0 heterocycles. The molecule has 0 aliphatic heterocycles. The molecule has 0 aliphatic carbocycles. The van der Waals surface area contributed by atoms with E-state index in [0.717, 1.165) is 6.42 Å². The maximum Gasteiger partial charge on any atom is 0.266 e. The van der Waals surface area contributed by atoms with Crippen LogP contribution in [-0.2, 0) is 4.79 Å². The standard InChI is InChI=1S/C23H24Cl2N2O5/c1-5-7-32-22-17(25)9-14(10-21(22)31-6-2)8-15(13-26)23(28)27-18-12-19(29-3)16(24)11-20(18)30-4/h8-12H,5-7H2,1-4H3,(H,27,28)/b15-8+. The molecule has 1 N–H and O–H groups in total. The summed E-state index contributed by atoms with van der Waals surface area (Å²) < 4.78 is 21.7. The molecule has 0 bridgehead atoms. The normalized spacial score (nSPS) is 10.8. The van der Waals surface area contributed by atoms with E-state index in [0.29, 0.717) is 57.5 Å². The van der Waals surface area contributed by atoms with E-state index in [1.807, 2.05) is 19.9 Å². The first-order valence-electron chi connectivity index (χ1n) is 9.82. The number of nitrogens with zero attached hydrogens (tertiary/aromatic N) is 1. The number of carbonyl (C=O) groups excluding carboxylic acids is 1. The highest BCUT2D eigenvalue weighted by Gasteiger charge is 2.17. The van der Waals surface area contributed by atoms with Crippen LogP contribution in [0.15, 0.2) is 29.8 Å². The first-order chi connectivity index (χ1) is 15.4. The van der Waals surface area contributed by atoms with E-state index in [2.05, 4.69) is 5.32 Å². The number of carbonyl (C=O) groups is 1. The van der Waals surface area contributed by atoms with Gasteiger partial charge in [0.05, 0.1) is 43.2 Å². The molecule has 0 radical (unpaired) electrons. The SMILES string of the molecule is CCCOc1c(Cl)cc(/C=C(\C#N)C(=O)Nc2cc(OC)c(Cl)cc2OC)cc1OCC. The van der Waals surface area contributed by atoms with Gasteiger partial charge in [-0.05, 0) is 37.1 Å². The van der Waals surface area contributed by atoms with Gasteiger partial charge >= 0.3 is 0 Å². The summed E-state index contributed by atoms with van der Waals surface area (Å²) >= 11 is 12.5. The van der Waals surface area contributed by atoms with Gasteiger partial charge < -0.3 is 24.3 Å². The fraction of sp³-hybridized carbons (Fsp3) is 0.304. The summed E-state index contributed by atoms with van der Waals surface area (Å²) in [5.74, 6) is 0.882. The summed E-state index contributed by atoms with van der Waals surface area (Å²) in [6, 6.07) is 8.19. The predicted octanol–water partition coefficient (Wildman–Crippen LogP) is 5.74.